The molecule has 2 aromatic rings. The number of methoxy groups -OCH3 is 1. The van der Waals surface area contributed by atoms with Crippen molar-refractivity contribution in [3.05, 3.63) is 59.2 Å². The quantitative estimate of drug-likeness (QED) is 0.475. The van der Waals surface area contributed by atoms with Crippen molar-refractivity contribution in [1.29, 1.82) is 0 Å². The minimum atomic E-state index is -0.767. The minimum Gasteiger partial charge on any atom is -0.497 e. The first-order valence-corrected chi connectivity index (χ1v) is 10.4. The van der Waals surface area contributed by atoms with Crippen molar-refractivity contribution in [3.63, 3.8) is 0 Å². The summed E-state index contributed by atoms with van der Waals surface area (Å²) in [6, 6.07) is 11.4. The molecule has 8 nitrogen and oxygen atoms in total. The van der Waals surface area contributed by atoms with E-state index in [0.29, 0.717) is 41.6 Å². The lowest BCUT2D eigenvalue weighted by molar-refractivity contribution is -0.130. The molecule has 0 bridgehead atoms. The molecule has 0 atom stereocenters. The highest BCUT2D eigenvalue weighted by Gasteiger charge is 2.35. The van der Waals surface area contributed by atoms with Crippen molar-refractivity contribution in [3.8, 4) is 17.2 Å². The number of benzene rings is 2. The molecule has 1 N–H and O–H groups in total. The number of nitrogens with one attached hydrogen (secondary N) is 1. The molecule has 1 heterocycles. The van der Waals surface area contributed by atoms with Crippen LogP contribution < -0.4 is 19.5 Å². The van der Waals surface area contributed by atoms with Gasteiger partial charge in [-0.15, -0.1) is 0 Å². The average molecular weight is 438 g/mol. The molecule has 0 aromatic heterocycles. The molecule has 0 saturated carbocycles. The number of carbonyl (C=O) groups excluding carboxylic acids is 3. The van der Waals surface area contributed by atoms with Crippen LogP contribution in [0.1, 0.15) is 31.4 Å². The molecule has 3 rings (SSSR count). The Morgan fingerprint density at radius 2 is 1.72 bits per heavy atom. The maximum Gasteiger partial charge on any atom is 0.331 e. The highest BCUT2D eigenvalue weighted by molar-refractivity contribution is 6.30. The topological polar surface area (TPSA) is 94.2 Å². The van der Waals surface area contributed by atoms with E-state index >= 15 is 0 Å². The molecule has 1 aliphatic rings. The van der Waals surface area contributed by atoms with Gasteiger partial charge in [0.15, 0.2) is 11.5 Å². The predicted octanol–water partition coefficient (Wildman–Crippen LogP) is 3.54. The number of nitrogens with zero attached hydrogens (tertiary/aromatic N) is 1. The van der Waals surface area contributed by atoms with E-state index in [1.54, 1.807) is 49.6 Å². The molecule has 1 saturated heterocycles. The van der Waals surface area contributed by atoms with E-state index in [1.807, 2.05) is 13.8 Å². The monoisotopic (exact) mass is 438 g/mol. The van der Waals surface area contributed by atoms with Crippen LogP contribution in [-0.2, 0) is 16.1 Å². The van der Waals surface area contributed by atoms with Gasteiger partial charge < -0.3 is 14.2 Å². The van der Waals surface area contributed by atoms with Gasteiger partial charge in [-0.1, -0.05) is 25.1 Å². The second kappa shape index (κ2) is 10.5. The first kappa shape index (κ1) is 22.9. The van der Waals surface area contributed by atoms with Crippen LogP contribution in [0.3, 0.4) is 0 Å². The van der Waals surface area contributed by atoms with Crippen molar-refractivity contribution in [2.24, 2.45) is 0 Å². The van der Waals surface area contributed by atoms with Crippen LogP contribution in [0, 0.1) is 0 Å². The summed E-state index contributed by atoms with van der Waals surface area (Å²) in [6.07, 6.45) is 2.30. The Balaban J connectivity index is 1.84. The Kier molecular flexibility index (Phi) is 7.49. The first-order valence-electron chi connectivity index (χ1n) is 10.4. The average Bonchev–Trinajstić information content (AvgIpc) is 2.79. The first-order chi connectivity index (χ1) is 15.5. The summed E-state index contributed by atoms with van der Waals surface area (Å²) < 4.78 is 16.5. The molecule has 0 spiro atoms. The molecule has 4 amide bonds. The highest BCUT2D eigenvalue weighted by Crippen LogP contribution is 2.30. The summed E-state index contributed by atoms with van der Waals surface area (Å²) >= 11 is 0. The Morgan fingerprint density at radius 1 is 0.969 bits per heavy atom. The van der Waals surface area contributed by atoms with Crippen LogP contribution in [0.4, 0.5) is 4.79 Å². The summed E-state index contributed by atoms with van der Waals surface area (Å²) in [6.45, 7) is 4.84. The van der Waals surface area contributed by atoms with Gasteiger partial charge in [-0.25, -0.2) is 4.79 Å². The second-order valence-corrected chi connectivity index (χ2v) is 7.04. The van der Waals surface area contributed by atoms with Crippen LogP contribution in [0.25, 0.3) is 6.08 Å². The van der Waals surface area contributed by atoms with Crippen LogP contribution in [0.15, 0.2) is 48.0 Å². The second-order valence-electron chi connectivity index (χ2n) is 7.04. The third-order valence-electron chi connectivity index (χ3n) is 4.72. The van der Waals surface area contributed by atoms with E-state index in [-0.39, 0.29) is 12.1 Å². The summed E-state index contributed by atoms with van der Waals surface area (Å²) in [4.78, 5) is 38.7. The van der Waals surface area contributed by atoms with Gasteiger partial charge in [-0.2, -0.15) is 0 Å². The van der Waals surface area contributed by atoms with Gasteiger partial charge in [0.2, 0.25) is 0 Å². The van der Waals surface area contributed by atoms with Crippen LogP contribution in [0.5, 0.6) is 17.2 Å². The van der Waals surface area contributed by atoms with E-state index in [9.17, 15) is 14.4 Å². The molecular formula is C24H26N2O6. The van der Waals surface area contributed by atoms with E-state index < -0.39 is 17.8 Å². The molecule has 0 radical (unpaired) electrons. The standard InChI is InChI=1S/C24H26N2O6/c1-4-12-32-20-11-8-17(14-21(20)31-5-2)15-26-23(28)19(22(27)25-24(26)29)13-16-6-9-18(30-3)10-7-16/h6-11,13-14H,4-5,12,15H2,1-3H3,(H,25,27,29)/b19-13+. The Morgan fingerprint density at radius 3 is 2.38 bits per heavy atom. The number of urea groups is 1. The van der Waals surface area contributed by atoms with E-state index in [1.165, 1.54) is 6.08 Å². The number of ether oxygens (including phenoxy) is 3. The van der Waals surface area contributed by atoms with Gasteiger partial charge in [0.25, 0.3) is 11.8 Å². The van der Waals surface area contributed by atoms with Gasteiger partial charge in [0.1, 0.15) is 11.3 Å². The van der Waals surface area contributed by atoms with Crippen molar-refractivity contribution >= 4 is 23.9 Å². The molecular weight excluding hydrogens is 412 g/mol. The smallest absolute Gasteiger partial charge is 0.331 e. The largest absolute Gasteiger partial charge is 0.497 e. The van der Waals surface area contributed by atoms with E-state index in [0.717, 1.165) is 11.3 Å². The molecule has 0 unspecified atom stereocenters. The number of barbiturate groups is 1. The normalized spacial score (nSPS) is 15.0. The number of hydrogen-bond donors (Lipinski definition) is 1. The van der Waals surface area contributed by atoms with Gasteiger partial charge in [-0.3, -0.25) is 19.8 Å². The maximum atomic E-state index is 13.0. The zero-order valence-corrected chi connectivity index (χ0v) is 18.3. The molecule has 168 valence electrons. The van der Waals surface area contributed by atoms with Crippen LogP contribution in [0.2, 0.25) is 0 Å². The zero-order chi connectivity index (χ0) is 23.1. The third kappa shape index (κ3) is 5.26. The van der Waals surface area contributed by atoms with Gasteiger partial charge in [-0.05, 0) is 54.8 Å². The lowest BCUT2D eigenvalue weighted by Gasteiger charge is -2.26. The molecule has 8 heteroatoms. The molecule has 0 aliphatic carbocycles. The third-order valence-corrected chi connectivity index (χ3v) is 4.72. The Labute approximate surface area is 186 Å². The number of carbonyl (C=O) groups is 3. The number of rotatable bonds is 9. The van der Waals surface area contributed by atoms with Crippen molar-refractivity contribution in [2.45, 2.75) is 26.8 Å². The summed E-state index contributed by atoms with van der Waals surface area (Å²) in [7, 11) is 1.55. The van der Waals surface area contributed by atoms with Gasteiger partial charge in [0.05, 0.1) is 26.9 Å². The maximum absolute atomic E-state index is 13.0. The number of amides is 4. The number of hydrogen-bond acceptors (Lipinski definition) is 6. The summed E-state index contributed by atoms with van der Waals surface area (Å²) in [5, 5.41) is 2.23. The Hall–Kier alpha value is -3.81. The SMILES string of the molecule is CCCOc1ccc(CN2C(=O)NC(=O)/C(=C\c3ccc(OC)cc3)C2=O)cc1OCC. The fourth-order valence-corrected chi connectivity index (χ4v) is 3.14. The highest BCUT2D eigenvalue weighted by atomic mass is 16.5. The fraction of sp³-hybridized carbons (Fsp3) is 0.292. The van der Waals surface area contributed by atoms with Gasteiger partial charge in [0, 0.05) is 0 Å². The van der Waals surface area contributed by atoms with E-state index in [4.69, 9.17) is 14.2 Å². The van der Waals surface area contributed by atoms with Crippen LogP contribution in [-0.4, -0.2) is 43.1 Å². The van der Waals surface area contributed by atoms with Crippen molar-refractivity contribution in [1.82, 2.24) is 10.2 Å². The molecule has 32 heavy (non-hydrogen) atoms. The number of imide groups is 2. The lowest BCUT2D eigenvalue weighted by atomic mass is 10.1. The summed E-state index contributed by atoms with van der Waals surface area (Å²) in [5.41, 5.74) is 1.18. The van der Waals surface area contributed by atoms with Crippen molar-refractivity contribution < 1.29 is 28.6 Å². The van der Waals surface area contributed by atoms with E-state index in [2.05, 4.69) is 5.32 Å². The van der Waals surface area contributed by atoms with Gasteiger partial charge >= 0.3 is 6.03 Å². The minimum absolute atomic E-state index is 0.0218. The molecule has 1 aliphatic heterocycles. The zero-order valence-electron chi connectivity index (χ0n) is 18.3. The summed E-state index contributed by atoms with van der Waals surface area (Å²) in [5.74, 6) is 0.389. The Bertz CT molecular complexity index is 1030. The van der Waals surface area contributed by atoms with Crippen molar-refractivity contribution in [2.75, 3.05) is 20.3 Å². The lowest BCUT2D eigenvalue weighted by Crippen LogP contribution is -2.53. The van der Waals surface area contributed by atoms with Crippen LogP contribution >= 0.6 is 0 Å². The molecule has 2 aromatic carbocycles. The predicted molar refractivity (Wildman–Crippen MR) is 118 cm³/mol. The fourth-order valence-electron chi connectivity index (χ4n) is 3.14. The molecule has 1 fully saturated rings.